The summed E-state index contributed by atoms with van der Waals surface area (Å²) in [5, 5.41) is 3.35. The Morgan fingerprint density at radius 2 is 2.00 bits per heavy atom. The Balaban J connectivity index is 1.87. The molecule has 22 heavy (non-hydrogen) atoms. The summed E-state index contributed by atoms with van der Waals surface area (Å²) >= 11 is 0. The lowest BCUT2D eigenvalue weighted by Gasteiger charge is -2.34. The fourth-order valence-corrected chi connectivity index (χ4v) is 3.02. The first-order chi connectivity index (χ1) is 10.8. The molecule has 5 nitrogen and oxygen atoms in total. The van der Waals surface area contributed by atoms with Crippen LogP contribution in [0.2, 0.25) is 0 Å². The van der Waals surface area contributed by atoms with Crippen LogP contribution < -0.4 is 5.32 Å². The van der Waals surface area contributed by atoms with Gasteiger partial charge in [0.1, 0.15) is 5.69 Å². The van der Waals surface area contributed by atoms with Gasteiger partial charge in [-0.3, -0.25) is 9.78 Å². The molecule has 116 valence electrons. The van der Waals surface area contributed by atoms with E-state index >= 15 is 0 Å². The lowest BCUT2D eigenvalue weighted by atomic mass is 10.0. The molecule has 0 unspecified atom stereocenters. The van der Waals surface area contributed by atoms with Crippen LogP contribution in [-0.2, 0) is 0 Å². The number of benzene rings is 1. The zero-order valence-electron chi connectivity index (χ0n) is 13.0. The number of carbonyl (C=O) groups excluding carboxylic acids is 1. The Morgan fingerprint density at radius 1 is 1.27 bits per heavy atom. The molecule has 5 heteroatoms. The molecule has 1 N–H and O–H groups in total. The Kier molecular flexibility index (Phi) is 4.63. The van der Waals surface area contributed by atoms with Gasteiger partial charge in [0.2, 0.25) is 0 Å². The van der Waals surface area contributed by atoms with E-state index in [1.807, 2.05) is 29.2 Å². The van der Waals surface area contributed by atoms with Crippen molar-refractivity contribution in [2.45, 2.75) is 32.2 Å². The highest BCUT2D eigenvalue weighted by atomic mass is 16.2. The molecule has 0 bridgehead atoms. The maximum Gasteiger partial charge on any atom is 0.274 e. The first-order valence-corrected chi connectivity index (χ1v) is 8.03. The third-order valence-electron chi connectivity index (χ3n) is 4.14. The van der Waals surface area contributed by atoms with Gasteiger partial charge in [-0.1, -0.05) is 19.1 Å². The van der Waals surface area contributed by atoms with Crippen LogP contribution in [0.4, 0.5) is 0 Å². The van der Waals surface area contributed by atoms with E-state index in [1.165, 1.54) is 0 Å². The number of piperidine rings is 1. The minimum atomic E-state index is 0.00648. The van der Waals surface area contributed by atoms with Gasteiger partial charge in [-0.05, 0) is 44.5 Å². The molecular weight excluding hydrogens is 276 g/mol. The van der Waals surface area contributed by atoms with Gasteiger partial charge in [0, 0.05) is 12.6 Å². The number of para-hydroxylation sites is 2. The molecule has 1 aliphatic rings. The van der Waals surface area contributed by atoms with Crippen LogP contribution in [0.15, 0.2) is 30.5 Å². The predicted octanol–water partition coefficient (Wildman–Crippen LogP) is 2.23. The highest BCUT2D eigenvalue weighted by molar-refractivity contribution is 5.94. The minimum Gasteiger partial charge on any atom is -0.334 e. The number of amides is 1. The molecule has 0 aliphatic carbocycles. The van der Waals surface area contributed by atoms with E-state index in [2.05, 4.69) is 22.2 Å². The summed E-state index contributed by atoms with van der Waals surface area (Å²) in [4.78, 5) is 23.7. The van der Waals surface area contributed by atoms with Crippen molar-refractivity contribution >= 4 is 16.9 Å². The van der Waals surface area contributed by atoms with Gasteiger partial charge >= 0.3 is 0 Å². The van der Waals surface area contributed by atoms with Crippen molar-refractivity contribution in [3.05, 3.63) is 36.2 Å². The molecule has 1 aliphatic heterocycles. The van der Waals surface area contributed by atoms with Crippen LogP contribution in [0.1, 0.15) is 36.7 Å². The van der Waals surface area contributed by atoms with Crippen molar-refractivity contribution in [1.29, 1.82) is 0 Å². The Morgan fingerprint density at radius 3 is 2.73 bits per heavy atom. The number of carbonyl (C=O) groups is 1. The van der Waals surface area contributed by atoms with E-state index < -0.39 is 0 Å². The highest BCUT2D eigenvalue weighted by Gasteiger charge is 2.26. The van der Waals surface area contributed by atoms with Gasteiger partial charge in [-0.2, -0.15) is 0 Å². The Labute approximate surface area is 130 Å². The highest BCUT2D eigenvalue weighted by Crippen LogP contribution is 2.16. The molecule has 0 spiro atoms. The van der Waals surface area contributed by atoms with Crippen molar-refractivity contribution in [3.63, 3.8) is 0 Å². The minimum absolute atomic E-state index is 0.00648. The second-order valence-corrected chi connectivity index (χ2v) is 5.72. The van der Waals surface area contributed by atoms with Crippen LogP contribution in [0.5, 0.6) is 0 Å². The summed E-state index contributed by atoms with van der Waals surface area (Å²) in [6.45, 7) is 4.83. The van der Waals surface area contributed by atoms with E-state index in [0.29, 0.717) is 11.7 Å². The van der Waals surface area contributed by atoms with Gasteiger partial charge in [0.25, 0.3) is 5.91 Å². The van der Waals surface area contributed by atoms with E-state index in [9.17, 15) is 4.79 Å². The largest absolute Gasteiger partial charge is 0.334 e. The lowest BCUT2D eigenvalue weighted by Crippen LogP contribution is -2.46. The Bertz CT molecular complexity index is 652. The van der Waals surface area contributed by atoms with Crippen molar-refractivity contribution in [1.82, 2.24) is 20.2 Å². The zero-order chi connectivity index (χ0) is 15.4. The van der Waals surface area contributed by atoms with Crippen molar-refractivity contribution in [2.75, 3.05) is 19.6 Å². The monoisotopic (exact) mass is 298 g/mol. The number of aromatic nitrogens is 2. The molecule has 0 radical (unpaired) electrons. The second-order valence-electron chi connectivity index (χ2n) is 5.72. The third kappa shape index (κ3) is 3.09. The molecule has 1 saturated heterocycles. The quantitative estimate of drug-likeness (QED) is 0.940. The number of nitrogens with zero attached hydrogens (tertiary/aromatic N) is 3. The van der Waals surface area contributed by atoms with E-state index in [1.54, 1.807) is 6.20 Å². The summed E-state index contributed by atoms with van der Waals surface area (Å²) in [7, 11) is 0. The molecule has 0 atom stereocenters. The maximum atomic E-state index is 12.9. The van der Waals surface area contributed by atoms with Gasteiger partial charge in [0.15, 0.2) is 0 Å². The normalized spacial score (nSPS) is 15.9. The summed E-state index contributed by atoms with van der Waals surface area (Å²) < 4.78 is 0. The predicted molar refractivity (Wildman–Crippen MR) is 86.8 cm³/mol. The number of nitrogens with one attached hydrogen (secondary N) is 1. The fraction of sp³-hybridized carbons (Fsp3) is 0.471. The van der Waals surface area contributed by atoms with Crippen molar-refractivity contribution in [3.8, 4) is 0 Å². The summed E-state index contributed by atoms with van der Waals surface area (Å²) in [5.41, 5.74) is 2.05. The average molecular weight is 298 g/mol. The second kappa shape index (κ2) is 6.83. The molecular formula is C17H22N4O. The van der Waals surface area contributed by atoms with Gasteiger partial charge in [-0.25, -0.2) is 4.98 Å². The van der Waals surface area contributed by atoms with Crippen LogP contribution in [0.3, 0.4) is 0 Å². The van der Waals surface area contributed by atoms with Crippen LogP contribution >= 0.6 is 0 Å². The topological polar surface area (TPSA) is 58.1 Å². The molecule has 0 saturated carbocycles. The molecule has 3 rings (SSSR count). The number of fused-ring (bicyclic) bond motifs is 1. The van der Waals surface area contributed by atoms with Gasteiger partial charge < -0.3 is 10.2 Å². The van der Waals surface area contributed by atoms with E-state index in [0.717, 1.165) is 49.9 Å². The van der Waals surface area contributed by atoms with E-state index in [-0.39, 0.29) is 5.91 Å². The fourth-order valence-electron chi connectivity index (χ4n) is 3.02. The summed E-state index contributed by atoms with van der Waals surface area (Å²) in [6, 6.07) is 7.96. The zero-order valence-corrected chi connectivity index (χ0v) is 13.0. The maximum absolute atomic E-state index is 12.9. The third-order valence-corrected chi connectivity index (χ3v) is 4.14. The standard InChI is InChI=1S/C17H22N4O/c1-2-11-21(13-7-9-18-10-8-13)17(22)16-12-19-14-5-3-4-6-15(14)20-16/h3-6,12-13,18H,2,7-11H2,1H3. The average Bonchev–Trinajstić information content (AvgIpc) is 2.59. The van der Waals surface area contributed by atoms with Crippen molar-refractivity contribution < 1.29 is 4.79 Å². The van der Waals surface area contributed by atoms with Gasteiger partial charge in [0.05, 0.1) is 17.2 Å². The number of rotatable bonds is 4. The van der Waals surface area contributed by atoms with Crippen molar-refractivity contribution in [2.24, 2.45) is 0 Å². The molecule has 2 aromatic rings. The molecule has 2 heterocycles. The first-order valence-electron chi connectivity index (χ1n) is 8.03. The summed E-state index contributed by atoms with van der Waals surface area (Å²) in [5.74, 6) is 0.00648. The SMILES string of the molecule is CCCN(C(=O)c1cnc2ccccc2n1)C1CCNCC1. The number of hydrogen-bond acceptors (Lipinski definition) is 4. The van der Waals surface area contributed by atoms with E-state index in [4.69, 9.17) is 0 Å². The van der Waals surface area contributed by atoms with Crippen LogP contribution in [-0.4, -0.2) is 46.5 Å². The first kappa shape index (κ1) is 14.9. The van der Waals surface area contributed by atoms with Gasteiger partial charge in [-0.15, -0.1) is 0 Å². The molecule has 1 fully saturated rings. The summed E-state index contributed by atoms with van der Waals surface area (Å²) in [6.07, 6.45) is 4.57. The Hall–Kier alpha value is -2.01. The van der Waals surface area contributed by atoms with Crippen LogP contribution in [0.25, 0.3) is 11.0 Å². The number of hydrogen-bond donors (Lipinski definition) is 1. The van der Waals surface area contributed by atoms with Crippen LogP contribution in [0, 0.1) is 0 Å². The molecule has 1 aromatic heterocycles. The lowest BCUT2D eigenvalue weighted by molar-refractivity contribution is 0.0636. The molecule has 1 aromatic carbocycles. The molecule has 1 amide bonds. The smallest absolute Gasteiger partial charge is 0.274 e.